The summed E-state index contributed by atoms with van der Waals surface area (Å²) in [4.78, 5) is 27.2. The topological polar surface area (TPSA) is 71.2 Å². The largest absolute Gasteiger partial charge is 0.483 e. The van der Waals surface area contributed by atoms with Crippen molar-refractivity contribution < 1.29 is 9.53 Å². The first kappa shape index (κ1) is 17.7. The number of nitrogens with one attached hydrogen (secondary N) is 2. The van der Waals surface area contributed by atoms with Gasteiger partial charge < -0.3 is 15.0 Å². The Morgan fingerprint density at radius 2 is 1.92 bits per heavy atom. The molecule has 1 aromatic heterocycles. The van der Waals surface area contributed by atoms with E-state index in [1.807, 2.05) is 57.2 Å². The lowest BCUT2D eigenvalue weighted by Crippen LogP contribution is -2.20. The summed E-state index contributed by atoms with van der Waals surface area (Å²) >= 11 is 0. The third kappa shape index (κ3) is 3.61. The zero-order valence-electron chi connectivity index (χ0n) is 15.2. The van der Waals surface area contributed by atoms with Gasteiger partial charge in [0.05, 0.1) is 5.52 Å². The predicted molar refractivity (Wildman–Crippen MR) is 104 cm³/mol. The molecule has 0 saturated heterocycles. The van der Waals surface area contributed by atoms with Crippen LogP contribution in [0.2, 0.25) is 0 Å². The van der Waals surface area contributed by atoms with E-state index in [0.717, 1.165) is 22.1 Å². The van der Waals surface area contributed by atoms with Crippen LogP contribution in [0.25, 0.3) is 10.9 Å². The van der Waals surface area contributed by atoms with Crippen molar-refractivity contribution in [3.8, 4) is 5.75 Å². The molecular formula is C21H22N2O3. The van der Waals surface area contributed by atoms with Gasteiger partial charge in [0.2, 0.25) is 0 Å². The van der Waals surface area contributed by atoms with Gasteiger partial charge in [-0.3, -0.25) is 9.59 Å². The number of aromatic amines is 1. The maximum atomic E-state index is 12.2. The highest BCUT2D eigenvalue weighted by Gasteiger charge is 2.10. The maximum Gasteiger partial charge on any atom is 0.262 e. The molecule has 0 aliphatic rings. The fraction of sp³-hybridized carbons (Fsp3) is 0.238. The highest BCUT2D eigenvalue weighted by atomic mass is 16.5. The number of fused-ring (bicyclic) bond motifs is 1. The lowest BCUT2D eigenvalue weighted by Gasteiger charge is -2.11. The second kappa shape index (κ2) is 7.44. The molecule has 2 aromatic carbocycles. The Morgan fingerprint density at radius 3 is 2.65 bits per heavy atom. The number of rotatable bonds is 5. The molecule has 0 spiro atoms. The molecule has 1 heterocycles. The van der Waals surface area contributed by atoms with Crippen LogP contribution < -0.4 is 15.6 Å². The number of anilines is 1. The lowest BCUT2D eigenvalue weighted by molar-refractivity contribution is -0.118. The van der Waals surface area contributed by atoms with Crippen molar-refractivity contribution in [3.63, 3.8) is 0 Å². The minimum Gasteiger partial charge on any atom is -0.483 e. The van der Waals surface area contributed by atoms with Crippen LogP contribution in [0.15, 0.2) is 47.3 Å². The number of hydrogen-bond acceptors (Lipinski definition) is 3. The number of pyridine rings is 1. The third-order valence-electron chi connectivity index (χ3n) is 4.49. The van der Waals surface area contributed by atoms with Crippen LogP contribution in [0.5, 0.6) is 5.75 Å². The normalized spacial score (nSPS) is 10.7. The van der Waals surface area contributed by atoms with Gasteiger partial charge in [-0.05, 0) is 49.6 Å². The van der Waals surface area contributed by atoms with E-state index in [1.54, 1.807) is 6.07 Å². The number of carbonyl (C=O) groups excluding carboxylic acids is 1. The summed E-state index contributed by atoms with van der Waals surface area (Å²) in [5.41, 5.74) is 4.00. The van der Waals surface area contributed by atoms with Crippen molar-refractivity contribution in [2.75, 3.05) is 11.9 Å². The average molecular weight is 350 g/mol. The molecule has 26 heavy (non-hydrogen) atoms. The second-order valence-corrected chi connectivity index (χ2v) is 6.27. The Balaban J connectivity index is 1.75. The van der Waals surface area contributed by atoms with Crippen LogP contribution in [0.3, 0.4) is 0 Å². The summed E-state index contributed by atoms with van der Waals surface area (Å²) in [5.74, 6) is 0.435. The molecule has 0 aliphatic carbocycles. The van der Waals surface area contributed by atoms with E-state index in [1.165, 1.54) is 0 Å². The molecule has 0 radical (unpaired) electrons. The monoisotopic (exact) mass is 350 g/mol. The van der Waals surface area contributed by atoms with Crippen LogP contribution in [0.4, 0.5) is 5.69 Å². The van der Waals surface area contributed by atoms with Gasteiger partial charge in [-0.2, -0.15) is 0 Å². The number of carbonyl (C=O) groups is 1. The quantitative estimate of drug-likeness (QED) is 0.737. The van der Waals surface area contributed by atoms with Crippen LogP contribution in [-0.4, -0.2) is 17.5 Å². The first-order valence-corrected chi connectivity index (χ1v) is 8.63. The Labute approximate surface area is 152 Å². The molecule has 3 aromatic rings. The van der Waals surface area contributed by atoms with Crippen molar-refractivity contribution in [1.29, 1.82) is 0 Å². The van der Waals surface area contributed by atoms with Crippen molar-refractivity contribution in [2.45, 2.75) is 27.2 Å². The van der Waals surface area contributed by atoms with E-state index >= 15 is 0 Å². The highest BCUT2D eigenvalue weighted by Crippen LogP contribution is 2.22. The number of ether oxygens (including phenoxy) is 1. The third-order valence-corrected chi connectivity index (χ3v) is 4.49. The SMILES string of the molecule is CCc1c(C)c2ccc(NC(=O)COc3ccccc3C)cc2[nH]c1=O. The summed E-state index contributed by atoms with van der Waals surface area (Å²) in [5, 5.41) is 3.79. The smallest absolute Gasteiger partial charge is 0.262 e. The second-order valence-electron chi connectivity index (χ2n) is 6.27. The fourth-order valence-corrected chi connectivity index (χ4v) is 3.07. The molecule has 0 fully saturated rings. The van der Waals surface area contributed by atoms with Gasteiger partial charge in [-0.1, -0.05) is 31.2 Å². The maximum absolute atomic E-state index is 12.2. The zero-order chi connectivity index (χ0) is 18.7. The van der Waals surface area contributed by atoms with E-state index in [0.29, 0.717) is 23.4 Å². The number of amides is 1. The minimum absolute atomic E-state index is 0.0762. The van der Waals surface area contributed by atoms with Crippen molar-refractivity contribution >= 4 is 22.5 Å². The molecule has 1 amide bonds. The average Bonchev–Trinajstić information content (AvgIpc) is 2.61. The molecule has 134 valence electrons. The van der Waals surface area contributed by atoms with E-state index in [9.17, 15) is 9.59 Å². The van der Waals surface area contributed by atoms with Gasteiger partial charge in [-0.15, -0.1) is 0 Å². The van der Waals surface area contributed by atoms with Crippen molar-refractivity contribution in [1.82, 2.24) is 4.98 Å². The summed E-state index contributed by atoms with van der Waals surface area (Å²) in [6.45, 7) is 5.77. The van der Waals surface area contributed by atoms with E-state index in [-0.39, 0.29) is 18.1 Å². The summed E-state index contributed by atoms with van der Waals surface area (Å²) in [6.07, 6.45) is 0.686. The Kier molecular flexibility index (Phi) is 5.07. The Bertz CT molecular complexity index is 1020. The molecule has 0 aliphatic heterocycles. The summed E-state index contributed by atoms with van der Waals surface area (Å²) in [7, 11) is 0. The van der Waals surface area contributed by atoms with Crippen LogP contribution >= 0.6 is 0 Å². The van der Waals surface area contributed by atoms with Gasteiger partial charge >= 0.3 is 0 Å². The number of hydrogen-bond donors (Lipinski definition) is 2. The van der Waals surface area contributed by atoms with Gasteiger partial charge in [0.15, 0.2) is 6.61 Å². The molecular weight excluding hydrogens is 328 g/mol. The zero-order valence-corrected chi connectivity index (χ0v) is 15.2. The first-order valence-electron chi connectivity index (χ1n) is 8.63. The molecule has 2 N–H and O–H groups in total. The van der Waals surface area contributed by atoms with Gasteiger partial charge in [0, 0.05) is 16.6 Å². The lowest BCUT2D eigenvalue weighted by atomic mass is 10.0. The predicted octanol–water partition coefficient (Wildman–Crippen LogP) is 3.72. The fourth-order valence-electron chi connectivity index (χ4n) is 3.07. The summed E-state index contributed by atoms with van der Waals surface area (Å²) < 4.78 is 5.56. The Morgan fingerprint density at radius 1 is 1.15 bits per heavy atom. The van der Waals surface area contributed by atoms with Crippen LogP contribution in [-0.2, 0) is 11.2 Å². The van der Waals surface area contributed by atoms with E-state index in [4.69, 9.17) is 4.74 Å². The van der Waals surface area contributed by atoms with Crippen LogP contribution in [0, 0.1) is 13.8 Å². The summed E-state index contributed by atoms with van der Waals surface area (Å²) in [6, 6.07) is 13.1. The van der Waals surface area contributed by atoms with E-state index < -0.39 is 0 Å². The number of H-pyrrole nitrogens is 1. The standard InChI is InChI=1S/C21H22N2O3/c1-4-16-14(3)17-10-9-15(11-18(17)23-21(16)25)22-20(24)12-26-19-8-6-5-7-13(19)2/h5-11H,4,12H2,1-3H3,(H,22,24)(H,23,25). The first-order chi connectivity index (χ1) is 12.5. The molecule has 0 unspecified atom stereocenters. The number of benzene rings is 2. The number of para-hydroxylation sites is 1. The van der Waals surface area contributed by atoms with Gasteiger partial charge in [0.1, 0.15) is 5.75 Å². The van der Waals surface area contributed by atoms with Gasteiger partial charge in [-0.25, -0.2) is 0 Å². The molecule has 0 saturated carbocycles. The van der Waals surface area contributed by atoms with E-state index in [2.05, 4.69) is 10.3 Å². The number of aryl methyl sites for hydroxylation is 2. The molecule has 3 rings (SSSR count). The molecule has 5 heteroatoms. The number of aromatic nitrogens is 1. The van der Waals surface area contributed by atoms with Crippen molar-refractivity contribution in [3.05, 3.63) is 69.5 Å². The van der Waals surface area contributed by atoms with Gasteiger partial charge in [0.25, 0.3) is 11.5 Å². The minimum atomic E-state index is -0.253. The van der Waals surface area contributed by atoms with Crippen LogP contribution in [0.1, 0.15) is 23.6 Å². The molecule has 0 atom stereocenters. The Hall–Kier alpha value is -3.08. The highest BCUT2D eigenvalue weighted by molar-refractivity contribution is 5.95. The van der Waals surface area contributed by atoms with Crippen molar-refractivity contribution in [2.24, 2.45) is 0 Å². The molecule has 5 nitrogen and oxygen atoms in total. The molecule has 0 bridgehead atoms.